The van der Waals surface area contributed by atoms with Crippen LogP contribution in [0.1, 0.15) is 6.42 Å². The van der Waals surface area contributed by atoms with Crippen LogP contribution in [-0.2, 0) is 0 Å². The van der Waals surface area contributed by atoms with Gasteiger partial charge in [0.15, 0.2) is 0 Å². The Morgan fingerprint density at radius 2 is 1.55 bits per heavy atom. The molecule has 1 heterocycles. The predicted molar refractivity (Wildman–Crippen MR) is 45.9 cm³/mol. The fraction of sp³-hybridized carbons (Fsp3) is 1.00. The van der Waals surface area contributed by atoms with Crippen molar-refractivity contribution >= 4 is 12.4 Å². The smallest absolute Gasteiger partial charge is 0.0471 e. The molecule has 0 spiro atoms. The third-order valence-corrected chi connectivity index (χ3v) is 2.05. The SMILES string of the molecule is Cl.OC[C@H]1CNC[C@H](CO)C1. The van der Waals surface area contributed by atoms with Crippen LogP contribution in [0.4, 0.5) is 0 Å². The molecule has 1 fully saturated rings. The molecule has 1 aliphatic heterocycles. The summed E-state index contributed by atoms with van der Waals surface area (Å²) in [5, 5.41) is 20.7. The van der Waals surface area contributed by atoms with Crippen LogP contribution in [0.25, 0.3) is 0 Å². The molecule has 0 aromatic carbocycles. The van der Waals surface area contributed by atoms with Gasteiger partial charge in [0, 0.05) is 26.3 Å². The number of nitrogens with one attached hydrogen (secondary N) is 1. The lowest BCUT2D eigenvalue weighted by Gasteiger charge is -2.27. The molecule has 2 atom stereocenters. The highest BCUT2D eigenvalue weighted by Crippen LogP contribution is 2.14. The zero-order valence-corrected chi connectivity index (χ0v) is 7.31. The van der Waals surface area contributed by atoms with Crippen LogP contribution in [0.15, 0.2) is 0 Å². The summed E-state index contributed by atoms with van der Waals surface area (Å²) in [6.45, 7) is 2.27. The zero-order chi connectivity index (χ0) is 7.40. The molecular weight excluding hydrogens is 166 g/mol. The number of aliphatic hydroxyl groups excluding tert-OH is 2. The Labute approximate surface area is 73.2 Å². The third-order valence-electron chi connectivity index (χ3n) is 2.05. The number of hydrogen-bond donors (Lipinski definition) is 3. The summed E-state index contributed by atoms with van der Waals surface area (Å²) in [6, 6.07) is 0. The highest BCUT2D eigenvalue weighted by Gasteiger charge is 2.19. The van der Waals surface area contributed by atoms with Gasteiger partial charge >= 0.3 is 0 Å². The minimum Gasteiger partial charge on any atom is -0.396 e. The average molecular weight is 182 g/mol. The quantitative estimate of drug-likeness (QED) is 0.545. The molecule has 0 amide bonds. The van der Waals surface area contributed by atoms with Gasteiger partial charge in [-0.3, -0.25) is 0 Å². The van der Waals surface area contributed by atoms with Crippen molar-refractivity contribution in [3.8, 4) is 0 Å². The van der Waals surface area contributed by atoms with Crippen molar-refractivity contribution in [3.05, 3.63) is 0 Å². The molecular formula is C7H16ClNO2. The summed E-state index contributed by atoms with van der Waals surface area (Å²) in [7, 11) is 0. The van der Waals surface area contributed by atoms with Crippen molar-refractivity contribution in [2.75, 3.05) is 26.3 Å². The summed E-state index contributed by atoms with van der Waals surface area (Å²) in [5.41, 5.74) is 0. The summed E-state index contributed by atoms with van der Waals surface area (Å²) < 4.78 is 0. The molecule has 11 heavy (non-hydrogen) atoms. The van der Waals surface area contributed by atoms with Crippen LogP contribution in [0.2, 0.25) is 0 Å². The molecule has 1 saturated heterocycles. The highest BCUT2D eigenvalue weighted by molar-refractivity contribution is 5.85. The van der Waals surface area contributed by atoms with E-state index < -0.39 is 0 Å². The van der Waals surface area contributed by atoms with Crippen LogP contribution in [0.3, 0.4) is 0 Å². The van der Waals surface area contributed by atoms with E-state index in [1.54, 1.807) is 0 Å². The summed E-state index contributed by atoms with van der Waals surface area (Å²) in [6.07, 6.45) is 0.958. The first-order chi connectivity index (χ1) is 4.86. The van der Waals surface area contributed by atoms with Gasteiger partial charge in [0.05, 0.1) is 0 Å². The lowest BCUT2D eigenvalue weighted by atomic mass is 9.92. The molecule has 3 nitrogen and oxygen atoms in total. The molecule has 4 heteroatoms. The van der Waals surface area contributed by atoms with Gasteiger partial charge in [-0.05, 0) is 18.3 Å². The van der Waals surface area contributed by atoms with E-state index in [2.05, 4.69) is 5.32 Å². The molecule has 1 aliphatic rings. The van der Waals surface area contributed by atoms with E-state index in [0.29, 0.717) is 11.8 Å². The average Bonchev–Trinajstić information content (AvgIpc) is 2.05. The summed E-state index contributed by atoms with van der Waals surface area (Å²) in [5.74, 6) is 0.705. The Morgan fingerprint density at radius 1 is 1.09 bits per heavy atom. The Balaban J connectivity index is 0.000001000. The summed E-state index contributed by atoms with van der Waals surface area (Å²) in [4.78, 5) is 0. The van der Waals surface area contributed by atoms with Gasteiger partial charge in [0.25, 0.3) is 0 Å². The number of aliphatic hydroxyl groups is 2. The van der Waals surface area contributed by atoms with E-state index in [-0.39, 0.29) is 25.6 Å². The standard InChI is InChI=1S/C7H15NO2.ClH/c9-4-6-1-7(5-10)3-8-2-6;/h6-10H,1-5H2;1H/t6-,7-;/m1./s1. The van der Waals surface area contributed by atoms with Crippen molar-refractivity contribution in [1.82, 2.24) is 5.32 Å². The molecule has 3 N–H and O–H groups in total. The third kappa shape index (κ3) is 3.38. The van der Waals surface area contributed by atoms with Gasteiger partial charge in [-0.2, -0.15) is 0 Å². The lowest BCUT2D eigenvalue weighted by molar-refractivity contribution is 0.132. The molecule has 68 valence electrons. The molecule has 0 radical (unpaired) electrons. The van der Waals surface area contributed by atoms with Gasteiger partial charge in [-0.15, -0.1) is 12.4 Å². The van der Waals surface area contributed by atoms with Crippen LogP contribution >= 0.6 is 12.4 Å². The molecule has 0 aromatic heterocycles. The van der Waals surface area contributed by atoms with Gasteiger partial charge in [0.1, 0.15) is 0 Å². The normalized spacial score (nSPS) is 31.1. The van der Waals surface area contributed by atoms with Gasteiger partial charge in [-0.25, -0.2) is 0 Å². The second kappa shape index (κ2) is 5.77. The number of rotatable bonds is 2. The molecule has 0 aliphatic carbocycles. The van der Waals surface area contributed by atoms with Crippen molar-refractivity contribution in [1.29, 1.82) is 0 Å². The first kappa shape index (κ1) is 11.2. The Hall–Kier alpha value is 0.170. The van der Waals surface area contributed by atoms with E-state index in [1.807, 2.05) is 0 Å². The maximum atomic E-state index is 8.78. The van der Waals surface area contributed by atoms with Crippen molar-refractivity contribution < 1.29 is 10.2 Å². The number of hydrogen-bond acceptors (Lipinski definition) is 3. The van der Waals surface area contributed by atoms with Crippen molar-refractivity contribution in [2.45, 2.75) is 6.42 Å². The largest absolute Gasteiger partial charge is 0.396 e. The first-order valence-electron chi connectivity index (χ1n) is 3.79. The topological polar surface area (TPSA) is 52.5 Å². The van der Waals surface area contributed by atoms with Crippen LogP contribution in [0, 0.1) is 11.8 Å². The second-order valence-corrected chi connectivity index (χ2v) is 2.99. The molecule has 1 rings (SSSR count). The first-order valence-corrected chi connectivity index (χ1v) is 3.79. The van der Waals surface area contributed by atoms with Crippen molar-refractivity contribution in [3.63, 3.8) is 0 Å². The fourth-order valence-corrected chi connectivity index (χ4v) is 1.41. The van der Waals surface area contributed by atoms with Gasteiger partial charge in [-0.1, -0.05) is 0 Å². The molecule has 0 unspecified atom stereocenters. The van der Waals surface area contributed by atoms with Gasteiger partial charge in [0.2, 0.25) is 0 Å². The Kier molecular flexibility index (Phi) is 5.86. The Morgan fingerprint density at radius 3 is 1.91 bits per heavy atom. The maximum Gasteiger partial charge on any atom is 0.0471 e. The van der Waals surface area contributed by atoms with Gasteiger partial charge < -0.3 is 15.5 Å². The summed E-state index contributed by atoms with van der Waals surface area (Å²) >= 11 is 0. The van der Waals surface area contributed by atoms with E-state index in [0.717, 1.165) is 19.5 Å². The minimum absolute atomic E-state index is 0. The fourth-order valence-electron chi connectivity index (χ4n) is 1.41. The number of piperidine rings is 1. The van der Waals surface area contributed by atoms with Crippen LogP contribution in [0.5, 0.6) is 0 Å². The number of halogens is 1. The van der Waals surface area contributed by atoms with Crippen LogP contribution in [-0.4, -0.2) is 36.5 Å². The minimum atomic E-state index is 0. The Bertz CT molecular complexity index is 92.4. The molecule has 0 aromatic rings. The van der Waals surface area contributed by atoms with Crippen LogP contribution < -0.4 is 5.32 Å². The van der Waals surface area contributed by atoms with E-state index in [9.17, 15) is 0 Å². The van der Waals surface area contributed by atoms with Crippen molar-refractivity contribution in [2.24, 2.45) is 11.8 Å². The van der Waals surface area contributed by atoms with E-state index in [1.165, 1.54) is 0 Å². The second-order valence-electron chi connectivity index (χ2n) is 2.99. The lowest BCUT2D eigenvalue weighted by Crippen LogP contribution is -2.39. The zero-order valence-electron chi connectivity index (χ0n) is 6.49. The molecule has 0 bridgehead atoms. The maximum absolute atomic E-state index is 8.78. The van der Waals surface area contributed by atoms with E-state index in [4.69, 9.17) is 10.2 Å². The molecule has 0 saturated carbocycles. The monoisotopic (exact) mass is 181 g/mol. The predicted octanol–water partition coefficient (Wildman–Crippen LogP) is -0.382. The highest BCUT2D eigenvalue weighted by atomic mass is 35.5. The van der Waals surface area contributed by atoms with E-state index >= 15 is 0 Å².